The predicted molar refractivity (Wildman–Crippen MR) is 66.3 cm³/mol. The highest BCUT2D eigenvalue weighted by atomic mass is 16.5. The van der Waals surface area contributed by atoms with E-state index in [4.69, 9.17) is 4.74 Å². The van der Waals surface area contributed by atoms with Gasteiger partial charge in [0.25, 0.3) is 0 Å². The molecule has 3 rings (SSSR count). The minimum atomic E-state index is 0.585. The van der Waals surface area contributed by atoms with Gasteiger partial charge in [0.15, 0.2) is 0 Å². The molecule has 80 valence electrons. The quantitative estimate of drug-likeness (QED) is 0.724. The Morgan fingerprint density at radius 3 is 2.88 bits per heavy atom. The monoisotopic (exact) mass is 210 g/mol. The number of fused-ring (bicyclic) bond motifs is 1. The SMILES string of the molecule is COc1ccccc1C1=CC=CC2=CCC21. The van der Waals surface area contributed by atoms with Crippen LogP contribution in [0.3, 0.4) is 0 Å². The highest BCUT2D eigenvalue weighted by Gasteiger charge is 2.27. The smallest absolute Gasteiger partial charge is 0.126 e. The van der Waals surface area contributed by atoms with Crippen molar-refractivity contribution in [1.29, 1.82) is 0 Å². The van der Waals surface area contributed by atoms with Crippen molar-refractivity contribution in [2.75, 3.05) is 7.11 Å². The number of methoxy groups -OCH3 is 1. The van der Waals surface area contributed by atoms with Crippen LogP contribution in [0.25, 0.3) is 5.57 Å². The van der Waals surface area contributed by atoms with E-state index in [0.717, 1.165) is 12.2 Å². The zero-order valence-corrected chi connectivity index (χ0v) is 9.31. The molecule has 1 unspecified atom stereocenters. The Bertz CT molecular complexity index is 506. The third-order valence-corrected chi connectivity index (χ3v) is 3.35. The van der Waals surface area contributed by atoms with Gasteiger partial charge >= 0.3 is 0 Å². The zero-order valence-electron chi connectivity index (χ0n) is 9.31. The summed E-state index contributed by atoms with van der Waals surface area (Å²) in [6.07, 6.45) is 9.99. The van der Waals surface area contributed by atoms with Gasteiger partial charge in [-0.3, -0.25) is 0 Å². The van der Waals surface area contributed by atoms with Crippen LogP contribution in [-0.2, 0) is 0 Å². The zero-order chi connectivity index (χ0) is 11.0. The van der Waals surface area contributed by atoms with Crippen LogP contribution in [0.5, 0.6) is 5.75 Å². The molecule has 0 saturated heterocycles. The highest BCUT2D eigenvalue weighted by molar-refractivity contribution is 5.79. The molecule has 0 fully saturated rings. The van der Waals surface area contributed by atoms with Crippen LogP contribution >= 0.6 is 0 Å². The van der Waals surface area contributed by atoms with Crippen LogP contribution in [0.1, 0.15) is 12.0 Å². The minimum absolute atomic E-state index is 0.585. The van der Waals surface area contributed by atoms with Gasteiger partial charge in [-0.2, -0.15) is 0 Å². The second-order valence-corrected chi connectivity index (χ2v) is 4.17. The molecule has 0 amide bonds. The number of rotatable bonds is 2. The number of allylic oxidation sites excluding steroid dienone is 6. The summed E-state index contributed by atoms with van der Waals surface area (Å²) in [5, 5.41) is 0. The first kappa shape index (κ1) is 9.46. The topological polar surface area (TPSA) is 9.23 Å². The summed E-state index contributed by atoms with van der Waals surface area (Å²) in [4.78, 5) is 0. The number of hydrogen-bond acceptors (Lipinski definition) is 1. The molecule has 16 heavy (non-hydrogen) atoms. The molecular formula is C15H14O. The van der Waals surface area contributed by atoms with E-state index in [1.54, 1.807) is 7.11 Å². The highest BCUT2D eigenvalue weighted by Crippen LogP contribution is 2.44. The lowest BCUT2D eigenvalue weighted by Gasteiger charge is -2.31. The maximum Gasteiger partial charge on any atom is 0.126 e. The predicted octanol–water partition coefficient (Wildman–Crippen LogP) is 3.59. The third kappa shape index (κ3) is 1.32. The summed E-state index contributed by atoms with van der Waals surface area (Å²) < 4.78 is 5.42. The summed E-state index contributed by atoms with van der Waals surface area (Å²) in [6.45, 7) is 0. The van der Waals surface area contributed by atoms with Crippen LogP contribution in [0.2, 0.25) is 0 Å². The lowest BCUT2D eigenvalue weighted by molar-refractivity contribution is 0.413. The molecule has 0 radical (unpaired) electrons. The second kappa shape index (κ2) is 3.67. The Balaban J connectivity index is 2.07. The van der Waals surface area contributed by atoms with Gasteiger partial charge in [-0.1, -0.05) is 42.5 Å². The summed E-state index contributed by atoms with van der Waals surface area (Å²) in [5.74, 6) is 1.55. The van der Waals surface area contributed by atoms with Crippen molar-refractivity contribution in [2.45, 2.75) is 6.42 Å². The van der Waals surface area contributed by atoms with Gasteiger partial charge in [0.2, 0.25) is 0 Å². The first-order valence-corrected chi connectivity index (χ1v) is 5.62. The van der Waals surface area contributed by atoms with Gasteiger partial charge in [0, 0.05) is 11.5 Å². The molecule has 0 bridgehead atoms. The van der Waals surface area contributed by atoms with E-state index in [9.17, 15) is 0 Å². The average Bonchev–Trinajstić information content (AvgIpc) is 2.30. The number of ether oxygens (including phenoxy) is 1. The van der Waals surface area contributed by atoms with E-state index in [1.165, 1.54) is 16.7 Å². The largest absolute Gasteiger partial charge is 0.496 e. The van der Waals surface area contributed by atoms with Crippen molar-refractivity contribution < 1.29 is 4.74 Å². The maximum atomic E-state index is 5.42. The Kier molecular flexibility index (Phi) is 2.17. The van der Waals surface area contributed by atoms with Crippen LogP contribution < -0.4 is 4.74 Å². The Labute approximate surface area is 95.7 Å². The third-order valence-electron chi connectivity index (χ3n) is 3.35. The number of benzene rings is 1. The Hall–Kier alpha value is -1.76. The summed E-state index contributed by atoms with van der Waals surface area (Å²) in [7, 11) is 1.73. The molecule has 0 aromatic heterocycles. The van der Waals surface area contributed by atoms with Crippen molar-refractivity contribution in [3.05, 3.63) is 59.7 Å². The Morgan fingerprint density at radius 1 is 1.25 bits per heavy atom. The maximum absolute atomic E-state index is 5.42. The molecule has 1 aromatic rings. The van der Waals surface area contributed by atoms with E-state index in [-0.39, 0.29) is 0 Å². The van der Waals surface area contributed by atoms with E-state index >= 15 is 0 Å². The van der Waals surface area contributed by atoms with Crippen molar-refractivity contribution in [1.82, 2.24) is 0 Å². The molecule has 1 heteroatoms. The number of para-hydroxylation sites is 1. The summed E-state index contributed by atoms with van der Waals surface area (Å²) in [5.41, 5.74) is 4.06. The first-order chi connectivity index (χ1) is 7.90. The fourth-order valence-corrected chi connectivity index (χ4v) is 2.40. The standard InChI is InChI=1S/C15H14O/c1-16-15-8-3-2-6-14(15)13-7-4-5-11-9-10-12(11)13/h2-9,12H,10H2,1H3. The van der Waals surface area contributed by atoms with Crippen LogP contribution in [0.4, 0.5) is 0 Å². The molecule has 0 N–H and O–H groups in total. The van der Waals surface area contributed by atoms with Gasteiger partial charge in [-0.05, 0) is 23.6 Å². The van der Waals surface area contributed by atoms with E-state index in [0.29, 0.717) is 5.92 Å². The number of hydrogen-bond donors (Lipinski definition) is 0. The molecule has 1 aromatic carbocycles. The van der Waals surface area contributed by atoms with Crippen LogP contribution in [0.15, 0.2) is 54.1 Å². The van der Waals surface area contributed by atoms with Crippen LogP contribution in [-0.4, -0.2) is 7.11 Å². The molecule has 0 aliphatic heterocycles. The average molecular weight is 210 g/mol. The molecule has 1 atom stereocenters. The molecule has 0 saturated carbocycles. The minimum Gasteiger partial charge on any atom is -0.496 e. The van der Waals surface area contributed by atoms with E-state index in [1.807, 2.05) is 12.1 Å². The van der Waals surface area contributed by atoms with Gasteiger partial charge in [0.05, 0.1) is 7.11 Å². The normalized spacial score (nSPS) is 21.7. The van der Waals surface area contributed by atoms with Crippen molar-refractivity contribution in [3.63, 3.8) is 0 Å². The van der Waals surface area contributed by atoms with Gasteiger partial charge < -0.3 is 4.74 Å². The summed E-state index contributed by atoms with van der Waals surface area (Å²) >= 11 is 0. The van der Waals surface area contributed by atoms with Gasteiger partial charge in [-0.15, -0.1) is 0 Å². The lowest BCUT2D eigenvalue weighted by atomic mass is 9.74. The molecule has 1 nitrogen and oxygen atoms in total. The van der Waals surface area contributed by atoms with Gasteiger partial charge in [0.1, 0.15) is 5.75 Å². The lowest BCUT2D eigenvalue weighted by Crippen LogP contribution is -2.15. The van der Waals surface area contributed by atoms with E-state index in [2.05, 4.69) is 36.4 Å². The van der Waals surface area contributed by atoms with Crippen molar-refractivity contribution in [2.24, 2.45) is 5.92 Å². The fourth-order valence-electron chi connectivity index (χ4n) is 2.40. The molecule has 2 aliphatic carbocycles. The summed E-state index contributed by atoms with van der Waals surface area (Å²) in [6, 6.07) is 8.24. The second-order valence-electron chi connectivity index (χ2n) is 4.17. The van der Waals surface area contributed by atoms with Crippen LogP contribution in [0, 0.1) is 5.92 Å². The first-order valence-electron chi connectivity index (χ1n) is 5.62. The van der Waals surface area contributed by atoms with E-state index < -0.39 is 0 Å². The molecule has 0 heterocycles. The molecule has 2 aliphatic rings. The van der Waals surface area contributed by atoms with Crippen molar-refractivity contribution >= 4 is 5.57 Å². The molecule has 0 spiro atoms. The van der Waals surface area contributed by atoms with Crippen molar-refractivity contribution in [3.8, 4) is 5.75 Å². The molecular weight excluding hydrogens is 196 g/mol. The fraction of sp³-hybridized carbons (Fsp3) is 0.200. The van der Waals surface area contributed by atoms with Gasteiger partial charge in [-0.25, -0.2) is 0 Å². The Morgan fingerprint density at radius 2 is 2.12 bits per heavy atom.